The summed E-state index contributed by atoms with van der Waals surface area (Å²) in [6.45, 7) is -0.368. The van der Waals surface area contributed by atoms with Crippen LogP contribution in [0.25, 0.3) is 5.69 Å². The zero-order chi connectivity index (χ0) is 22.1. The van der Waals surface area contributed by atoms with Gasteiger partial charge in [-0.3, -0.25) is 9.59 Å². The monoisotopic (exact) mass is 422 g/mol. The van der Waals surface area contributed by atoms with E-state index in [2.05, 4.69) is 10.4 Å². The molecule has 0 saturated carbocycles. The van der Waals surface area contributed by atoms with Gasteiger partial charge in [-0.1, -0.05) is 12.1 Å². The smallest absolute Gasteiger partial charge is 0.416 e. The molecule has 3 aromatic rings. The number of nitrogen functional groups attached to an aromatic ring is 1. The van der Waals surface area contributed by atoms with Gasteiger partial charge in [0.15, 0.2) is 11.4 Å². The van der Waals surface area contributed by atoms with Crippen LogP contribution in [0, 0.1) is 5.82 Å². The number of hydrogen-bond donors (Lipinski definition) is 3. The maximum atomic E-state index is 14.0. The van der Waals surface area contributed by atoms with E-state index in [1.165, 1.54) is 24.3 Å². The average Bonchev–Trinajstić information content (AvgIpc) is 2.66. The molecule has 0 atom stereocenters. The van der Waals surface area contributed by atoms with Crippen molar-refractivity contribution in [1.82, 2.24) is 15.1 Å². The molecule has 30 heavy (non-hydrogen) atoms. The predicted molar refractivity (Wildman–Crippen MR) is 98.5 cm³/mol. The highest BCUT2D eigenvalue weighted by atomic mass is 19.4. The van der Waals surface area contributed by atoms with Crippen LogP contribution in [0.2, 0.25) is 0 Å². The Morgan fingerprint density at radius 3 is 2.53 bits per heavy atom. The fourth-order valence-electron chi connectivity index (χ4n) is 2.65. The number of benzene rings is 2. The van der Waals surface area contributed by atoms with Gasteiger partial charge < -0.3 is 16.2 Å². The number of halogens is 4. The number of nitrogens with zero attached hydrogens (tertiary/aromatic N) is 2. The Hall–Kier alpha value is -3.89. The lowest BCUT2D eigenvalue weighted by Crippen LogP contribution is -2.29. The lowest BCUT2D eigenvalue weighted by atomic mass is 10.1. The van der Waals surface area contributed by atoms with Crippen molar-refractivity contribution in [2.24, 2.45) is 0 Å². The van der Waals surface area contributed by atoms with Crippen LogP contribution in [0.5, 0.6) is 5.75 Å². The second kappa shape index (κ2) is 7.85. The molecule has 1 amide bonds. The molecular formula is C19H14F4N4O3. The van der Waals surface area contributed by atoms with Crippen LogP contribution in [-0.4, -0.2) is 20.8 Å². The molecule has 2 aromatic carbocycles. The van der Waals surface area contributed by atoms with E-state index in [0.29, 0.717) is 10.7 Å². The molecule has 0 spiro atoms. The Morgan fingerprint density at radius 2 is 1.87 bits per heavy atom. The zero-order valence-electron chi connectivity index (χ0n) is 15.1. The maximum Gasteiger partial charge on any atom is 0.416 e. The Morgan fingerprint density at radius 1 is 1.17 bits per heavy atom. The molecule has 0 aliphatic carbocycles. The Bertz CT molecular complexity index is 1180. The van der Waals surface area contributed by atoms with Crippen LogP contribution in [0.1, 0.15) is 21.6 Å². The van der Waals surface area contributed by atoms with Crippen LogP contribution in [0.3, 0.4) is 0 Å². The van der Waals surface area contributed by atoms with Crippen LogP contribution < -0.4 is 16.6 Å². The second-order valence-electron chi connectivity index (χ2n) is 6.22. The van der Waals surface area contributed by atoms with Crippen molar-refractivity contribution in [3.63, 3.8) is 0 Å². The molecule has 1 aromatic heterocycles. The fraction of sp³-hybridized carbons (Fsp3) is 0.105. The van der Waals surface area contributed by atoms with Gasteiger partial charge in [0.25, 0.3) is 11.5 Å². The van der Waals surface area contributed by atoms with Crippen LogP contribution in [0.15, 0.2) is 53.3 Å². The number of amides is 1. The van der Waals surface area contributed by atoms with Crippen molar-refractivity contribution >= 4 is 11.6 Å². The minimum Gasteiger partial charge on any atom is -0.505 e. The van der Waals surface area contributed by atoms with Gasteiger partial charge in [0.05, 0.1) is 5.56 Å². The topological polar surface area (TPSA) is 110 Å². The fourth-order valence-corrected chi connectivity index (χ4v) is 2.65. The largest absolute Gasteiger partial charge is 0.505 e. The van der Waals surface area contributed by atoms with E-state index >= 15 is 0 Å². The van der Waals surface area contributed by atoms with Gasteiger partial charge in [-0.15, -0.1) is 0 Å². The van der Waals surface area contributed by atoms with E-state index in [0.717, 1.165) is 18.2 Å². The highest BCUT2D eigenvalue weighted by Crippen LogP contribution is 2.31. The number of carbonyl (C=O) groups excluding carboxylic acids is 1. The summed E-state index contributed by atoms with van der Waals surface area (Å²) in [5, 5.41) is 15.9. The van der Waals surface area contributed by atoms with Gasteiger partial charge in [0, 0.05) is 18.3 Å². The van der Waals surface area contributed by atoms with E-state index in [1.54, 1.807) is 0 Å². The number of nitrogens with one attached hydrogen (secondary N) is 1. The number of rotatable bonds is 4. The molecule has 3 rings (SSSR count). The molecule has 0 bridgehead atoms. The van der Waals surface area contributed by atoms with E-state index in [-0.39, 0.29) is 23.5 Å². The first-order valence-corrected chi connectivity index (χ1v) is 8.39. The Kier molecular flexibility index (Phi) is 5.45. The van der Waals surface area contributed by atoms with Gasteiger partial charge in [-0.05, 0) is 35.9 Å². The van der Waals surface area contributed by atoms with Crippen molar-refractivity contribution in [2.45, 2.75) is 12.7 Å². The lowest BCUT2D eigenvalue weighted by Gasteiger charge is -2.12. The summed E-state index contributed by atoms with van der Waals surface area (Å²) in [5.41, 5.74) is 2.64. The van der Waals surface area contributed by atoms with Gasteiger partial charge in [0.2, 0.25) is 0 Å². The zero-order valence-corrected chi connectivity index (χ0v) is 15.1. The molecule has 0 aliphatic heterocycles. The first-order chi connectivity index (χ1) is 14.1. The first-order valence-electron chi connectivity index (χ1n) is 8.39. The molecule has 4 N–H and O–H groups in total. The molecular weight excluding hydrogens is 408 g/mol. The van der Waals surface area contributed by atoms with Crippen molar-refractivity contribution in [2.75, 3.05) is 5.73 Å². The third-order valence-corrected chi connectivity index (χ3v) is 4.00. The third-order valence-electron chi connectivity index (χ3n) is 4.00. The average molecular weight is 422 g/mol. The summed E-state index contributed by atoms with van der Waals surface area (Å²) in [4.78, 5) is 24.4. The minimum absolute atomic E-state index is 0.0533. The SMILES string of the molecule is Nc1cc(CNC(=O)c2nn(-c3ccccc3F)c(=O)cc2O)cc(C(F)(F)F)c1. The number of carbonyl (C=O) groups is 1. The number of anilines is 1. The predicted octanol–water partition coefficient (Wildman–Crippen LogP) is 2.61. The van der Waals surface area contributed by atoms with Crippen LogP contribution >= 0.6 is 0 Å². The van der Waals surface area contributed by atoms with E-state index in [9.17, 15) is 32.3 Å². The van der Waals surface area contributed by atoms with Gasteiger partial charge in [-0.25, -0.2) is 4.39 Å². The van der Waals surface area contributed by atoms with Crippen molar-refractivity contribution in [1.29, 1.82) is 0 Å². The van der Waals surface area contributed by atoms with Crippen molar-refractivity contribution in [3.8, 4) is 11.4 Å². The molecule has 156 valence electrons. The van der Waals surface area contributed by atoms with Crippen LogP contribution in [-0.2, 0) is 12.7 Å². The summed E-state index contributed by atoms with van der Waals surface area (Å²) in [6.07, 6.45) is -4.62. The van der Waals surface area contributed by atoms with E-state index < -0.39 is 40.5 Å². The molecule has 0 unspecified atom stereocenters. The molecule has 0 radical (unpaired) electrons. The van der Waals surface area contributed by atoms with E-state index in [1.807, 2.05) is 0 Å². The molecule has 0 fully saturated rings. The Labute approximate surface area is 166 Å². The summed E-state index contributed by atoms with van der Waals surface area (Å²) in [5.74, 6) is -2.55. The molecule has 0 saturated heterocycles. The molecule has 11 heteroatoms. The van der Waals surface area contributed by atoms with Gasteiger partial charge >= 0.3 is 6.18 Å². The second-order valence-corrected chi connectivity index (χ2v) is 6.22. The number of hydrogen-bond acceptors (Lipinski definition) is 5. The summed E-state index contributed by atoms with van der Waals surface area (Å²) in [6, 6.07) is 8.63. The quantitative estimate of drug-likeness (QED) is 0.442. The molecule has 0 aliphatic rings. The standard InChI is InChI=1S/C19H14F4N4O3/c20-13-3-1-2-4-14(13)27-16(29)8-15(28)17(26-27)18(30)25-9-10-5-11(19(21,22)23)7-12(24)6-10/h1-8,28H,9,24H2,(H,25,30). The number of para-hydroxylation sites is 1. The maximum absolute atomic E-state index is 14.0. The van der Waals surface area contributed by atoms with Crippen molar-refractivity contribution < 1.29 is 27.5 Å². The minimum atomic E-state index is -4.62. The molecule has 7 nitrogen and oxygen atoms in total. The number of aromatic hydroxyl groups is 1. The number of alkyl halides is 3. The normalized spacial score (nSPS) is 11.3. The number of aromatic nitrogens is 2. The first kappa shape index (κ1) is 20.8. The number of nitrogens with two attached hydrogens (primary N) is 1. The van der Waals surface area contributed by atoms with Crippen molar-refractivity contribution in [3.05, 3.63) is 81.5 Å². The summed E-state index contributed by atoms with van der Waals surface area (Å²) >= 11 is 0. The Balaban J connectivity index is 1.88. The van der Waals surface area contributed by atoms with E-state index in [4.69, 9.17) is 5.73 Å². The third kappa shape index (κ3) is 4.40. The van der Waals surface area contributed by atoms with Gasteiger partial charge in [-0.2, -0.15) is 23.0 Å². The highest BCUT2D eigenvalue weighted by molar-refractivity contribution is 5.94. The summed E-state index contributed by atoms with van der Waals surface area (Å²) < 4.78 is 53.2. The van der Waals surface area contributed by atoms with Crippen LogP contribution in [0.4, 0.5) is 23.2 Å². The lowest BCUT2D eigenvalue weighted by molar-refractivity contribution is -0.137. The molecule has 1 heterocycles. The summed E-state index contributed by atoms with van der Waals surface area (Å²) in [7, 11) is 0. The highest BCUT2D eigenvalue weighted by Gasteiger charge is 2.31. The van der Waals surface area contributed by atoms with Gasteiger partial charge in [0.1, 0.15) is 11.5 Å².